The van der Waals surface area contributed by atoms with Gasteiger partial charge in [0.15, 0.2) is 0 Å². The van der Waals surface area contributed by atoms with Crippen LogP contribution in [-0.4, -0.2) is 11.6 Å². The van der Waals surface area contributed by atoms with Crippen LogP contribution in [-0.2, 0) is 11.2 Å². The Labute approximate surface area is 125 Å². The molecule has 21 heavy (non-hydrogen) atoms. The van der Waals surface area contributed by atoms with Crippen LogP contribution < -0.4 is 5.43 Å². The molecule has 0 saturated heterocycles. The van der Waals surface area contributed by atoms with Crippen LogP contribution in [0.1, 0.15) is 30.0 Å². The molecule has 0 aromatic heterocycles. The fourth-order valence-corrected chi connectivity index (χ4v) is 1.96. The molecule has 0 fully saturated rings. The van der Waals surface area contributed by atoms with Crippen LogP contribution in [0, 0.1) is 6.92 Å². The standard InChI is InChI=1S/C18H20N2O/c1-14-8-11-17(12-9-14)15(2)19-20-18(21)13-10-16-6-4-3-5-7-16/h3-9,11-12H,10,13H2,1-2H3,(H,20,21)/b19-15+. The van der Waals surface area contributed by atoms with E-state index in [1.165, 1.54) is 5.56 Å². The van der Waals surface area contributed by atoms with E-state index in [1.807, 2.05) is 68.4 Å². The van der Waals surface area contributed by atoms with Gasteiger partial charge in [-0.15, -0.1) is 0 Å². The molecule has 3 nitrogen and oxygen atoms in total. The number of carbonyl (C=O) groups excluding carboxylic acids is 1. The van der Waals surface area contributed by atoms with E-state index in [0.717, 1.165) is 23.3 Å². The first-order valence-corrected chi connectivity index (χ1v) is 7.09. The van der Waals surface area contributed by atoms with Crippen molar-refractivity contribution in [2.24, 2.45) is 5.10 Å². The molecule has 0 bridgehead atoms. The van der Waals surface area contributed by atoms with Gasteiger partial charge in [-0.3, -0.25) is 4.79 Å². The van der Waals surface area contributed by atoms with E-state index in [1.54, 1.807) is 0 Å². The summed E-state index contributed by atoms with van der Waals surface area (Å²) >= 11 is 0. The van der Waals surface area contributed by atoms with Gasteiger partial charge < -0.3 is 0 Å². The van der Waals surface area contributed by atoms with Gasteiger partial charge in [0, 0.05) is 6.42 Å². The van der Waals surface area contributed by atoms with Gasteiger partial charge >= 0.3 is 0 Å². The quantitative estimate of drug-likeness (QED) is 0.661. The molecular weight excluding hydrogens is 260 g/mol. The van der Waals surface area contributed by atoms with Crippen LogP contribution in [0.4, 0.5) is 0 Å². The van der Waals surface area contributed by atoms with E-state index in [-0.39, 0.29) is 5.91 Å². The Balaban J connectivity index is 1.85. The van der Waals surface area contributed by atoms with Crippen molar-refractivity contribution < 1.29 is 4.79 Å². The van der Waals surface area contributed by atoms with E-state index < -0.39 is 0 Å². The van der Waals surface area contributed by atoms with Gasteiger partial charge in [0.05, 0.1) is 5.71 Å². The van der Waals surface area contributed by atoms with Crippen LogP contribution in [0.3, 0.4) is 0 Å². The Kier molecular flexibility index (Phi) is 5.27. The number of nitrogens with zero attached hydrogens (tertiary/aromatic N) is 1. The monoisotopic (exact) mass is 280 g/mol. The Morgan fingerprint density at radius 3 is 2.38 bits per heavy atom. The van der Waals surface area contributed by atoms with Crippen molar-refractivity contribution in [3.63, 3.8) is 0 Å². The summed E-state index contributed by atoms with van der Waals surface area (Å²) in [5, 5.41) is 4.15. The van der Waals surface area contributed by atoms with Crippen molar-refractivity contribution in [3.8, 4) is 0 Å². The summed E-state index contributed by atoms with van der Waals surface area (Å²) in [5.41, 5.74) is 6.81. The van der Waals surface area contributed by atoms with Crippen LogP contribution in [0.5, 0.6) is 0 Å². The SMILES string of the molecule is C/C(=N\NC(=O)CCc1ccccc1)c1ccc(C)cc1. The molecule has 0 spiro atoms. The highest BCUT2D eigenvalue weighted by Gasteiger charge is 2.02. The molecule has 2 aromatic carbocycles. The zero-order chi connectivity index (χ0) is 15.1. The van der Waals surface area contributed by atoms with Gasteiger partial charge in [0.2, 0.25) is 5.91 Å². The second kappa shape index (κ2) is 7.39. The smallest absolute Gasteiger partial charge is 0.240 e. The zero-order valence-corrected chi connectivity index (χ0v) is 12.5. The normalized spacial score (nSPS) is 11.2. The second-order valence-corrected chi connectivity index (χ2v) is 5.08. The Bertz CT molecular complexity index is 615. The van der Waals surface area contributed by atoms with E-state index >= 15 is 0 Å². The minimum Gasteiger partial charge on any atom is -0.273 e. The third kappa shape index (κ3) is 4.88. The minimum absolute atomic E-state index is 0.0645. The lowest BCUT2D eigenvalue weighted by molar-refractivity contribution is -0.121. The predicted octanol–water partition coefficient (Wildman–Crippen LogP) is 3.47. The first-order valence-electron chi connectivity index (χ1n) is 7.09. The van der Waals surface area contributed by atoms with Crippen molar-refractivity contribution in [2.75, 3.05) is 0 Å². The molecular formula is C18H20N2O. The summed E-state index contributed by atoms with van der Waals surface area (Å²) < 4.78 is 0. The average molecular weight is 280 g/mol. The lowest BCUT2D eigenvalue weighted by Gasteiger charge is -2.04. The summed E-state index contributed by atoms with van der Waals surface area (Å²) in [6.45, 7) is 3.93. The average Bonchev–Trinajstić information content (AvgIpc) is 2.52. The molecule has 1 N–H and O–H groups in total. The van der Waals surface area contributed by atoms with Gasteiger partial charge in [-0.2, -0.15) is 5.10 Å². The molecule has 0 atom stereocenters. The molecule has 2 rings (SSSR count). The molecule has 2 aromatic rings. The topological polar surface area (TPSA) is 41.5 Å². The van der Waals surface area contributed by atoms with Crippen LogP contribution in [0.25, 0.3) is 0 Å². The molecule has 108 valence electrons. The summed E-state index contributed by atoms with van der Waals surface area (Å²) in [6.07, 6.45) is 1.17. The van der Waals surface area contributed by atoms with Crippen LogP contribution >= 0.6 is 0 Å². The van der Waals surface area contributed by atoms with Crippen LogP contribution in [0.15, 0.2) is 59.7 Å². The van der Waals surface area contributed by atoms with Crippen molar-refractivity contribution in [1.82, 2.24) is 5.43 Å². The predicted molar refractivity (Wildman–Crippen MR) is 86.3 cm³/mol. The van der Waals surface area contributed by atoms with Crippen molar-refractivity contribution in [1.29, 1.82) is 0 Å². The summed E-state index contributed by atoms with van der Waals surface area (Å²) in [6, 6.07) is 18.0. The third-order valence-corrected chi connectivity index (χ3v) is 3.30. The van der Waals surface area contributed by atoms with Crippen molar-refractivity contribution in [3.05, 3.63) is 71.3 Å². The Hall–Kier alpha value is -2.42. The summed E-state index contributed by atoms with van der Waals surface area (Å²) in [4.78, 5) is 11.8. The third-order valence-electron chi connectivity index (χ3n) is 3.30. The van der Waals surface area contributed by atoms with E-state index in [4.69, 9.17) is 0 Å². The number of nitrogens with one attached hydrogen (secondary N) is 1. The Morgan fingerprint density at radius 1 is 1.05 bits per heavy atom. The van der Waals surface area contributed by atoms with Gasteiger partial charge in [0.1, 0.15) is 0 Å². The van der Waals surface area contributed by atoms with Gasteiger partial charge in [-0.25, -0.2) is 5.43 Å². The van der Waals surface area contributed by atoms with E-state index in [0.29, 0.717) is 6.42 Å². The molecule has 0 aliphatic heterocycles. The number of benzene rings is 2. The molecule has 0 aliphatic carbocycles. The highest BCUT2D eigenvalue weighted by atomic mass is 16.2. The van der Waals surface area contributed by atoms with Gasteiger partial charge in [-0.05, 0) is 31.4 Å². The van der Waals surface area contributed by atoms with E-state index in [9.17, 15) is 4.79 Å². The molecule has 0 radical (unpaired) electrons. The summed E-state index contributed by atoms with van der Waals surface area (Å²) in [7, 11) is 0. The lowest BCUT2D eigenvalue weighted by Crippen LogP contribution is -2.19. The zero-order valence-electron chi connectivity index (χ0n) is 12.5. The van der Waals surface area contributed by atoms with Crippen LogP contribution in [0.2, 0.25) is 0 Å². The van der Waals surface area contributed by atoms with E-state index in [2.05, 4.69) is 10.5 Å². The molecule has 1 amide bonds. The fraction of sp³-hybridized carbons (Fsp3) is 0.222. The second-order valence-electron chi connectivity index (χ2n) is 5.08. The van der Waals surface area contributed by atoms with Crippen molar-refractivity contribution >= 4 is 11.6 Å². The molecule has 0 saturated carbocycles. The number of hydrogen-bond donors (Lipinski definition) is 1. The first-order chi connectivity index (χ1) is 10.1. The number of hydrogen-bond acceptors (Lipinski definition) is 2. The van der Waals surface area contributed by atoms with Gasteiger partial charge in [0.25, 0.3) is 0 Å². The molecule has 0 aliphatic rings. The maximum Gasteiger partial charge on any atom is 0.240 e. The maximum atomic E-state index is 11.8. The number of aryl methyl sites for hydroxylation is 2. The number of carbonyl (C=O) groups is 1. The molecule has 0 unspecified atom stereocenters. The molecule has 3 heteroatoms. The highest BCUT2D eigenvalue weighted by molar-refractivity contribution is 5.99. The largest absolute Gasteiger partial charge is 0.273 e. The highest BCUT2D eigenvalue weighted by Crippen LogP contribution is 2.05. The maximum absolute atomic E-state index is 11.8. The number of rotatable bonds is 5. The van der Waals surface area contributed by atoms with Crippen molar-refractivity contribution in [2.45, 2.75) is 26.7 Å². The number of amides is 1. The summed E-state index contributed by atoms with van der Waals surface area (Å²) in [5.74, 6) is -0.0645. The van der Waals surface area contributed by atoms with Gasteiger partial charge in [-0.1, -0.05) is 60.2 Å². The lowest BCUT2D eigenvalue weighted by atomic mass is 10.1. The fourth-order valence-electron chi connectivity index (χ4n) is 1.96. The first kappa shape index (κ1) is 15.0. The Morgan fingerprint density at radius 2 is 1.71 bits per heavy atom. The number of hydrazone groups is 1. The molecule has 0 heterocycles. The minimum atomic E-state index is -0.0645.